The van der Waals surface area contributed by atoms with Crippen LogP contribution in [0, 0.1) is 0 Å². The number of aromatic nitrogens is 2. The number of hydrogen-bond donors (Lipinski definition) is 0. The molecule has 0 atom stereocenters. The fraction of sp³-hybridized carbons (Fsp3) is 0.200. The third-order valence-electron chi connectivity index (χ3n) is 0.944. The summed E-state index contributed by atoms with van der Waals surface area (Å²) in [4.78, 5) is 6.28. The van der Waals surface area contributed by atoms with Gasteiger partial charge in [0.15, 0.2) is 5.69 Å². The lowest BCUT2D eigenvalue weighted by Crippen LogP contribution is -2.17. The maximum absolute atomic E-state index is 11.8. The Labute approximate surface area is 61.9 Å². The molecular weight excluding hydrogens is 156 g/mol. The molecule has 0 aliphatic carbocycles. The topological polar surface area (TPSA) is 25.8 Å². The molecule has 0 bridgehead atoms. The Morgan fingerprint density at radius 1 is 1.27 bits per heavy atom. The van der Waals surface area contributed by atoms with Crippen LogP contribution in [-0.4, -0.2) is 17.8 Å². The molecule has 0 aliphatic rings. The van der Waals surface area contributed by atoms with Gasteiger partial charge in [-0.3, -0.25) is 9.97 Å². The molecular formula is C5H2BF3N2. The number of hydrogen-bond acceptors (Lipinski definition) is 2. The predicted molar refractivity (Wildman–Crippen MR) is 32.4 cm³/mol. The number of rotatable bonds is 0. The lowest BCUT2D eigenvalue weighted by Gasteiger charge is -2.04. The van der Waals surface area contributed by atoms with Crippen LogP contribution in [-0.2, 0) is 6.18 Å². The summed E-state index contributed by atoms with van der Waals surface area (Å²) in [6.07, 6.45) is -2.80. The van der Waals surface area contributed by atoms with Gasteiger partial charge >= 0.3 is 6.18 Å². The summed E-state index contributed by atoms with van der Waals surface area (Å²) in [5.41, 5.74) is -1.31. The summed E-state index contributed by atoms with van der Waals surface area (Å²) < 4.78 is 35.4. The van der Waals surface area contributed by atoms with E-state index in [0.29, 0.717) is 6.20 Å². The molecule has 0 saturated heterocycles. The van der Waals surface area contributed by atoms with E-state index >= 15 is 0 Å². The van der Waals surface area contributed by atoms with Crippen LogP contribution < -0.4 is 5.59 Å². The first-order chi connectivity index (χ1) is 5.00. The Hall–Kier alpha value is -1.07. The lowest BCUT2D eigenvalue weighted by molar-refractivity contribution is -0.141. The molecule has 0 saturated carbocycles. The number of alkyl halides is 3. The van der Waals surface area contributed by atoms with Gasteiger partial charge in [-0.2, -0.15) is 13.2 Å². The molecule has 56 valence electrons. The molecule has 0 spiro atoms. The molecule has 0 amide bonds. The average molecular weight is 158 g/mol. The van der Waals surface area contributed by atoms with E-state index in [1.165, 1.54) is 0 Å². The highest BCUT2D eigenvalue weighted by atomic mass is 19.4. The second kappa shape index (κ2) is 2.52. The van der Waals surface area contributed by atoms with Crippen molar-refractivity contribution in [3.8, 4) is 0 Å². The molecule has 1 aromatic heterocycles. The van der Waals surface area contributed by atoms with Crippen LogP contribution in [0.3, 0.4) is 0 Å². The first-order valence-corrected chi connectivity index (χ1v) is 2.65. The number of halogens is 3. The van der Waals surface area contributed by atoms with E-state index in [1.54, 1.807) is 0 Å². The van der Waals surface area contributed by atoms with Crippen molar-refractivity contribution in [3.05, 3.63) is 18.1 Å². The summed E-state index contributed by atoms with van der Waals surface area (Å²) >= 11 is 0. The molecule has 1 rings (SSSR count). The molecule has 2 nitrogen and oxygen atoms in total. The van der Waals surface area contributed by atoms with E-state index in [1.807, 2.05) is 0 Å². The van der Waals surface area contributed by atoms with Crippen molar-refractivity contribution >= 4 is 13.4 Å². The quantitative estimate of drug-likeness (QED) is 0.507. The van der Waals surface area contributed by atoms with Gasteiger partial charge in [0, 0.05) is 11.8 Å². The van der Waals surface area contributed by atoms with Gasteiger partial charge in [0.25, 0.3) is 0 Å². The predicted octanol–water partition coefficient (Wildman–Crippen LogP) is 0.289. The molecule has 11 heavy (non-hydrogen) atoms. The normalized spacial score (nSPS) is 11.5. The smallest absolute Gasteiger partial charge is 0.262 e. The minimum Gasteiger partial charge on any atom is -0.262 e. The largest absolute Gasteiger partial charge is 0.434 e. The van der Waals surface area contributed by atoms with E-state index in [0.717, 1.165) is 6.20 Å². The van der Waals surface area contributed by atoms with Crippen LogP contribution >= 0.6 is 0 Å². The molecule has 2 radical (unpaired) electrons. The van der Waals surface area contributed by atoms with Crippen molar-refractivity contribution in [2.75, 3.05) is 0 Å². The Kier molecular flexibility index (Phi) is 1.84. The Bertz CT molecular complexity index is 260. The molecule has 6 heteroatoms. The highest BCUT2D eigenvalue weighted by Gasteiger charge is 2.32. The Morgan fingerprint density at radius 3 is 2.27 bits per heavy atom. The van der Waals surface area contributed by atoms with Gasteiger partial charge in [0.1, 0.15) is 7.85 Å². The molecule has 1 aromatic rings. The third-order valence-corrected chi connectivity index (χ3v) is 0.944. The average Bonchev–Trinajstić information content (AvgIpc) is 1.86. The van der Waals surface area contributed by atoms with Crippen LogP contribution in [0.2, 0.25) is 0 Å². The van der Waals surface area contributed by atoms with Crippen molar-refractivity contribution in [2.45, 2.75) is 6.18 Å². The SMILES string of the molecule is [B]c1cncc(C(F)(F)F)n1. The van der Waals surface area contributed by atoms with Crippen LogP contribution in [0.5, 0.6) is 0 Å². The highest BCUT2D eigenvalue weighted by Crippen LogP contribution is 2.25. The summed E-state index contributed by atoms with van der Waals surface area (Å²) in [6, 6.07) is 0. The lowest BCUT2D eigenvalue weighted by atomic mass is 10.1. The van der Waals surface area contributed by atoms with Gasteiger partial charge in [0.05, 0.1) is 6.20 Å². The van der Waals surface area contributed by atoms with Crippen molar-refractivity contribution in [1.29, 1.82) is 0 Å². The van der Waals surface area contributed by atoms with E-state index in [4.69, 9.17) is 7.85 Å². The zero-order chi connectivity index (χ0) is 8.48. The van der Waals surface area contributed by atoms with E-state index in [9.17, 15) is 13.2 Å². The fourth-order valence-corrected chi connectivity index (χ4v) is 0.518. The van der Waals surface area contributed by atoms with Crippen LogP contribution in [0.4, 0.5) is 13.2 Å². The summed E-state index contributed by atoms with van der Waals surface area (Å²) in [6.45, 7) is 0. The van der Waals surface area contributed by atoms with Gasteiger partial charge in [-0.1, -0.05) is 0 Å². The summed E-state index contributed by atoms with van der Waals surface area (Å²) in [7, 11) is 4.98. The van der Waals surface area contributed by atoms with E-state index < -0.39 is 11.9 Å². The zero-order valence-corrected chi connectivity index (χ0v) is 5.26. The standard InChI is InChI=1S/C5H2BF3N2/c6-4-2-10-1-3(11-4)5(7,8)9/h1-2H. The minimum absolute atomic E-state index is 0.236. The molecule has 0 fully saturated rings. The first-order valence-electron chi connectivity index (χ1n) is 2.65. The zero-order valence-electron chi connectivity index (χ0n) is 5.26. The summed E-state index contributed by atoms with van der Waals surface area (Å²) in [5, 5.41) is 0. The van der Waals surface area contributed by atoms with Crippen molar-refractivity contribution in [1.82, 2.24) is 9.97 Å². The van der Waals surface area contributed by atoms with Gasteiger partial charge in [0.2, 0.25) is 0 Å². The molecule has 1 heterocycles. The second-order valence-electron chi connectivity index (χ2n) is 1.83. The minimum atomic E-state index is -4.47. The van der Waals surface area contributed by atoms with Gasteiger partial charge in [-0.15, -0.1) is 0 Å². The van der Waals surface area contributed by atoms with Crippen molar-refractivity contribution < 1.29 is 13.2 Å². The third kappa shape index (κ3) is 1.93. The monoisotopic (exact) mass is 158 g/mol. The second-order valence-corrected chi connectivity index (χ2v) is 1.83. The van der Waals surface area contributed by atoms with Gasteiger partial charge < -0.3 is 0 Å². The van der Waals surface area contributed by atoms with E-state index in [-0.39, 0.29) is 5.59 Å². The van der Waals surface area contributed by atoms with Crippen LogP contribution in [0.1, 0.15) is 5.69 Å². The van der Waals surface area contributed by atoms with Gasteiger partial charge in [-0.05, 0) is 0 Å². The van der Waals surface area contributed by atoms with Crippen LogP contribution in [0.15, 0.2) is 12.4 Å². The van der Waals surface area contributed by atoms with Crippen molar-refractivity contribution in [2.24, 2.45) is 0 Å². The number of nitrogens with zero attached hydrogens (tertiary/aromatic N) is 2. The molecule has 0 aromatic carbocycles. The molecule has 0 aliphatic heterocycles. The maximum Gasteiger partial charge on any atom is 0.434 e. The maximum atomic E-state index is 11.8. The van der Waals surface area contributed by atoms with Gasteiger partial charge in [-0.25, -0.2) is 0 Å². The molecule has 0 N–H and O–H groups in total. The van der Waals surface area contributed by atoms with Crippen molar-refractivity contribution in [3.63, 3.8) is 0 Å². The Morgan fingerprint density at radius 2 is 1.91 bits per heavy atom. The molecule has 0 unspecified atom stereocenters. The first kappa shape index (κ1) is 8.04. The van der Waals surface area contributed by atoms with E-state index in [2.05, 4.69) is 9.97 Å². The highest BCUT2D eigenvalue weighted by molar-refractivity contribution is 6.30. The van der Waals surface area contributed by atoms with Crippen LogP contribution in [0.25, 0.3) is 0 Å². The summed E-state index contributed by atoms with van der Waals surface area (Å²) in [5.74, 6) is 0. The Balaban J connectivity index is 3.06. The fourth-order valence-electron chi connectivity index (χ4n) is 0.518.